The van der Waals surface area contributed by atoms with Gasteiger partial charge >= 0.3 is 5.97 Å². The number of carboxylic acid groups (broad SMARTS) is 1. The molecule has 0 rings (SSSR count). The van der Waals surface area contributed by atoms with Crippen molar-refractivity contribution in [2.45, 2.75) is 76.9 Å². The van der Waals surface area contributed by atoms with Crippen molar-refractivity contribution in [3.05, 3.63) is 4.91 Å². The fraction of sp³-hybridized carbons (Fsp3) is 0.923. The Bertz CT molecular complexity index is 221. The van der Waals surface area contributed by atoms with Crippen molar-refractivity contribution in [2.24, 2.45) is 5.18 Å². The molecule has 18 heavy (non-hydrogen) atoms. The van der Waals surface area contributed by atoms with Crippen LogP contribution in [0.5, 0.6) is 0 Å². The normalized spacial score (nSPS) is 12.3. The highest BCUT2D eigenvalue weighted by Gasteiger charge is 2.01. The van der Waals surface area contributed by atoms with E-state index in [2.05, 4.69) is 5.18 Å². The Balaban J connectivity index is 3.03. The highest BCUT2D eigenvalue weighted by Crippen LogP contribution is 2.12. The van der Waals surface area contributed by atoms with E-state index in [9.17, 15) is 9.70 Å². The fourth-order valence-electron chi connectivity index (χ4n) is 1.89. The summed E-state index contributed by atoms with van der Waals surface area (Å²) >= 11 is 0. The molecule has 0 aromatic carbocycles. The Morgan fingerprint density at radius 3 is 1.78 bits per heavy atom. The Labute approximate surface area is 109 Å². The second-order valence-corrected chi connectivity index (χ2v) is 4.70. The van der Waals surface area contributed by atoms with Crippen molar-refractivity contribution in [3.8, 4) is 0 Å². The monoisotopic (exact) mass is 259 g/mol. The van der Waals surface area contributed by atoms with E-state index in [1.807, 2.05) is 0 Å². The molecule has 0 saturated heterocycles. The van der Waals surface area contributed by atoms with Crippen molar-refractivity contribution in [3.63, 3.8) is 0 Å². The summed E-state index contributed by atoms with van der Waals surface area (Å²) in [5, 5.41) is 19.9. The number of hydrogen-bond acceptors (Lipinski definition) is 4. The summed E-state index contributed by atoms with van der Waals surface area (Å²) in [4.78, 5) is 20.2. The molecule has 0 aromatic rings. The molecule has 2 N–H and O–H groups in total. The van der Waals surface area contributed by atoms with Gasteiger partial charge in [0.25, 0.3) is 0 Å². The minimum atomic E-state index is -1.03. The summed E-state index contributed by atoms with van der Waals surface area (Å²) < 4.78 is 0. The number of unbranched alkanes of at least 4 members (excludes halogenated alkanes) is 8. The number of aliphatic carboxylic acids is 1. The quantitative estimate of drug-likeness (QED) is 0.392. The first-order valence-corrected chi connectivity index (χ1v) is 6.89. The van der Waals surface area contributed by atoms with Gasteiger partial charge < -0.3 is 10.2 Å². The highest BCUT2D eigenvalue weighted by molar-refractivity contribution is 5.66. The molecule has 0 bridgehead atoms. The van der Waals surface area contributed by atoms with Gasteiger partial charge in [0.2, 0.25) is 0 Å². The summed E-state index contributed by atoms with van der Waals surface area (Å²) in [5.74, 6) is -0.706. The van der Waals surface area contributed by atoms with Gasteiger partial charge in [0.15, 0.2) is 6.23 Å². The van der Waals surface area contributed by atoms with E-state index in [1.165, 1.54) is 12.8 Å². The molecule has 5 nitrogen and oxygen atoms in total. The van der Waals surface area contributed by atoms with Crippen LogP contribution in [0, 0.1) is 4.91 Å². The Kier molecular flexibility index (Phi) is 11.8. The summed E-state index contributed by atoms with van der Waals surface area (Å²) in [6.45, 7) is 0. The van der Waals surface area contributed by atoms with Crippen LogP contribution in [0.4, 0.5) is 0 Å². The van der Waals surface area contributed by atoms with E-state index in [4.69, 9.17) is 10.2 Å². The number of rotatable bonds is 13. The Morgan fingerprint density at radius 2 is 1.33 bits per heavy atom. The van der Waals surface area contributed by atoms with Gasteiger partial charge in [-0.2, -0.15) is 0 Å². The fourth-order valence-corrected chi connectivity index (χ4v) is 1.89. The Morgan fingerprint density at radius 1 is 0.889 bits per heavy atom. The predicted octanol–water partition coefficient (Wildman–Crippen LogP) is 3.45. The average Bonchev–Trinajstić information content (AvgIpc) is 2.35. The first-order chi connectivity index (χ1) is 8.66. The maximum absolute atomic E-state index is 10.3. The number of nitrogens with zero attached hydrogens (tertiary/aromatic N) is 1. The van der Waals surface area contributed by atoms with Crippen molar-refractivity contribution in [1.29, 1.82) is 0 Å². The number of aliphatic hydroxyl groups excluding tert-OH is 1. The zero-order valence-corrected chi connectivity index (χ0v) is 11.0. The third-order valence-corrected chi connectivity index (χ3v) is 2.97. The van der Waals surface area contributed by atoms with E-state index in [0.717, 1.165) is 44.9 Å². The van der Waals surface area contributed by atoms with Crippen molar-refractivity contribution in [2.75, 3.05) is 0 Å². The molecule has 0 amide bonds. The van der Waals surface area contributed by atoms with Crippen LogP contribution in [0.15, 0.2) is 5.18 Å². The lowest BCUT2D eigenvalue weighted by Gasteiger charge is -2.03. The molecule has 0 aliphatic heterocycles. The zero-order chi connectivity index (χ0) is 13.6. The van der Waals surface area contributed by atoms with Crippen LogP contribution in [0.3, 0.4) is 0 Å². The lowest BCUT2D eigenvalue weighted by Crippen LogP contribution is -2.00. The first kappa shape index (κ1) is 17.0. The van der Waals surface area contributed by atoms with E-state index >= 15 is 0 Å². The van der Waals surface area contributed by atoms with Crippen LogP contribution in [0.1, 0.15) is 70.6 Å². The van der Waals surface area contributed by atoms with E-state index in [0.29, 0.717) is 6.42 Å². The van der Waals surface area contributed by atoms with Crippen LogP contribution in [0.2, 0.25) is 0 Å². The molecule has 0 aliphatic carbocycles. The maximum atomic E-state index is 10.3. The SMILES string of the molecule is O=NC(O)CCCCCCCCCCCC(=O)O. The molecule has 0 spiro atoms. The molecule has 106 valence electrons. The molecule has 0 fully saturated rings. The number of hydrogen-bond donors (Lipinski definition) is 2. The molecule has 0 aromatic heterocycles. The standard InChI is InChI=1S/C13H25NO4/c15-12(14-18)10-8-6-4-2-1-3-5-7-9-11-13(16)17/h12,15H,1-11H2,(H,16,17). The van der Waals surface area contributed by atoms with Gasteiger partial charge in [-0.25, -0.2) is 0 Å². The second kappa shape index (κ2) is 12.5. The molecule has 0 aliphatic rings. The number of aliphatic hydroxyl groups is 1. The van der Waals surface area contributed by atoms with Crippen LogP contribution >= 0.6 is 0 Å². The minimum Gasteiger partial charge on any atom is -0.481 e. The molecule has 0 heterocycles. The number of carboxylic acids is 1. The van der Waals surface area contributed by atoms with Crippen LogP contribution in [-0.4, -0.2) is 22.4 Å². The smallest absolute Gasteiger partial charge is 0.303 e. The third kappa shape index (κ3) is 13.1. The summed E-state index contributed by atoms with van der Waals surface area (Å²) in [7, 11) is 0. The third-order valence-electron chi connectivity index (χ3n) is 2.97. The van der Waals surface area contributed by atoms with Gasteiger partial charge in [-0.3, -0.25) is 4.79 Å². The molecular formula is C13H25NO4. The Hall–Kier alpha value is -0.970. The molecule has 5 heteroatoms. The van der Waals surface area contributed by atoms with Gasteiger partial charge in [-0.15, -0.1) is 4.91 Å². The predicted molar refractivity (Wildman–Crippen MR) is 70.2 cm³/mol. The van der Waals surface area contributed by atoms with Gasteiger partial charge in [0.1, 0.15) is 0 Å². The van der Waals surface area contributed by atoms with Gasteiger partial charge in [0.05, 0.1) is 0 Å². The molecule has 0 saturated carbocycles. The minimum absolute atomic E-state index is 0.285. The van der Waals surface area contributed by atoms with Crippen molar-refractivity contribution in [1.82, 2.24) is 0 Å². The van der Waals surface area contributed by atoms with Crippen LogP contribution < -0.4 is 0 Å². The van der Waals surface area contributed by atoms with Crippen LogP contribution in [0.25, 0.3) is 0 Å². The lowest BCUT2D eigenvalue weighted by molar-refractivity contribution is -0.137. The van der Waals surface area contributed by atoms with Crippen molar-refractivity contribution < 1.29 is 15.0 Å². The average molecular weight is 259 g/mol. The summed E-state index contributed by atoms with van der Waals surface area (Å²) in [6, 6.07) is 0. The highest BCUT2D eigenvalue weighted by atomic mass is 16.4. The summed E-state index contributed by atoms with van der Waals surface area (Å²) in [5.41, 5.74) is 0. The topological polar surface area (TPSA) is 87.0 Å². The largest absolute Gasteiger partial charge is 0.481 e. The van der Waals surface area contributed by atoms with E-state index in [-0.39, 0.29) is 6.42 Å². The zero-order valence-electron chi connectivity index (χ0n) is 11.0. The van der Waals surface area contributed by atoms with E-state index < -0.39 is 12.2 Å². The molecular weight excluding hydrogens is 234 g/mol. The number of nitroso groups, excluding NO2 is 1. The number of carbonyl (C=O) groups is 1. The second-order valence-electron chi connectivity index (χ2n) is 4.70. The van der Waals surface area contributed by atoms with Crippen LogP contribution in [-0.2, 0) is 4.79 Å². The first-order valence-electron chi connectivity index (χ1n) is 6.89. The lowest BCUT2D eigenvalue weighted by atomic mass is 10.1. The van der Waals surface area contributed by atoms with Crippen molar-refractivity contribution >= 4 is 5.97 Å². The summed E-state index contributed by atoms with van der Waals surface area (Å²) in [6.07, 6.45) is 9.16. The van der Waals surface area contributed by atoms with E-state index in [1.54, 1.807) is 0 Å². The molecule has 1 unspecified atom stereocenters. The molecule has 0 radical (unpaired) electrons. The maximum Gasteiger partial charge on any atom is 0.303 e. The van der Waals surface area contributed by atoms with Gasteiger partial charge in [-0.1, -0.05) is 44.9 Å². The van der Waals surface area contributed by atoms with Gasteiger partial charge in [0, 0.05) is 6.42 Å². The molecule has 1 atom stereocenters. The van der Waals surface area contributed by atoms with Gasteiger partial charge in [-0.05, 0) is 24.4 Å².